The highest BCUT2D eigenvalue weighted by Gasteiger charge is 2.18. The topological polar surface area (TPSA) is 24.9 Å². The summed E-state index contributed by atoms with van der Waals surface area (Å²) in [6, 6.07) is 6.56. The summed E-state index contributed by atoms with van der Waals surface area (Å²) in [6.45, 7) is 2.15. The van der Waals surface area contributed by atoms with Crippen molar-refractivity contribution in [2.24, 2.45) is 0 Å². The number of piperidine rings is 1. The number of halogens is 1. The molecule has 1 N–H and O–H groups in total. The third-order valence-corrected chi connectivity index (χ3v) is 4.28. The van der Waals surface area contributed by atoms with Crippen LogP contribution in [0.3, 0.4) is 0 Å². The van der Waals surface area contributed by atoms with Gasteiger partial charge in [-0.1, -0.05) is 0 Å². The van der Waals surface area contributed by atoms with E-state index >= 15 is 0 Å². The highest BCUT2D eigenvalue weighted by atomic mass is 32.1. The van der Waals surface area contributed by atoms with Gasteiger partial charge in [0.25, 0.3) is 0 Å². The van der Waals surface area contributed by atoms with Crippen LogP contribution in [0.5, 0.6) is 0 Å². The molecule has 3 rings (SSSR count). The van der Waals surface area contributed by atoms with Crippen LogP contribution in [0.1, 0.15) is 24.5 Å². The summed E-state index contributed by atoms with van der Waals surface area (Å²) in [5.41, 5.74) is 2.20. The number of aromatic nitrogens is 1. The van der Waals surface area contributed by atoms with Crippen molar-refractivity contribution in [1.82, 2.24) is 10.3 Å². The molecule has 0 amide bonds. The van der Waals surface area contributed by atoms with Crippen molar-refractivity contribution in [3.8, 4) is 10.6 Å². The predicted molar refractivity (Wildman–Crippen MR) is 72.4 cm³/mol. The second-order valence-corrected chi connectivity index (χ2v) is 5.47. The molecule has 0 radical (unpaired) electrons. The molecule has 1 aromatic heterocycles. The number of nitrogens with one attached hydrogen (secondary N) is 1. The minimum Gasteiger partial charge on any atom is -0.317 e. The van der Waals surface area contributed by atoms with E-state index < -0.39 is 0 Å². The van der Waals surface area contributed by atoms with E-state index in [2.05, 4.69) is 10.7 Å². The van der Waals surface area contributed by atoms with Crippen LogP contribution in [-0.2, 0) is 0 Å². The zero-order valence-corrected chi connectivity index (χ0v) is 10.8. The molecule has 1 aliphatic heterocycles. The normalized spacial score (nSPS) is 16.9. The Bertz CT molecular complexity index is 515. The monoisotopic (exact) mass is 262 g/mol. The summed E-state index contributed by atoms with van der Waals surface area (Å²) in [5.74, 6) is 0.380. The second-order valence-electron chi connectivity index (χ2n) is 4.61. The first-order chi connectivity index (χ1) is 8.83. The second kappa shape index (κ2) is 5.16. The summed E-state index contributed by atoms with van der Waals surface area (Å²) >= 11 is 1.65. The number of hydrogen-bond donors (Lipinski definition) is 1. The first-order valence-electron chi connectivity index (χ1n) is 6.25. The van der Waals surface area contributed by atoms with E-state index in [9.17, 15) is 4.39 Å². The van der Waals surface area contributed by atoms with Crippen molar-refractivity contribution < 1.29 is 4.39 Å². The Labute approximate surface area is 110 Å². The Morgan fingerprint density at radius 3 is 2.61 bits per heavy atom. The molecule has 0 bridgehead atoms. The molecule has 1 fully saturated rings. The van der Waals surface area contributed by atoms with Gasteiger partial charge in [0.2, 0.25) is 0 Å². The predicted octanol–water partition coefficient (Wildman–Crippen LogP) is 3.42. The minimum absolute atomic E-state index is 0.200. The molecule has 4 heteroatoms. The lowest BCUT2D eigenvalue weighted by Gasteiger charge is -2.20. The van der Waals surface area contributed by atoms with Crippen LogP contribution in [-0.4, -0.2) is 18.1 Å². The van der Waals surface area contributed by atoms with Crippen LogP contribution < -0.4 is 5.32 Å². The molecule has 1 saturated heterocycles. The van der Waals surface area contributed by atoms with E-state index in [1.807, 2.05) is 0 Å². The van der Waals surface area contributed by atoms with Crippen LogP contribution in [0.4, 0.5) is 4.39 Å². The third kappa shape index (κ3) is 2.44. The summed E-state index contributed by atoms with van der Waals surface area (Å²) in [6.07, 6.45) is 2.32. The fraction of sp³-hybridized carbons (Fsp3) is 0.357. The zero-order valence-electron chi connectivity index (χ0n) is 10.0. The molecule has 1 aliphatic rings. The SMILES string of the molecule is Fc1ccc(-c2nc(C3CCNCC3)cs2)cc1. The van der Waals surface area contributed by atoms with Crippen molar-refractivity contribution >= 4 is 11.3 Å². The smallest absolute Gasteiger partial charge is 0.123 e. The summed E-state index contributed by atoms with van der Waals surface area (Å²) < 4.78 is 12.9. The van der Waals surface area contributed by atoms with Crippen LogP contribution in [0.25, 0.3) is 10.6 Å². The highest BCUT2D eigenvalue weighted by molar-refractivity contribution is 7.13. The van der Waals surface area contributed by atoms with Crippen molar-refractivity contribution in [1.29, 1.82) is 0 Å². The lowest BCUT2D eigenvalue weighted by atomic mass is 9.95. The van der Waals surface area contributed by atoms with Gasteiger partial charge in [0.15, 0.2) is 0 Å². The van der Waals surface area contributed by atoms with Gasteiger partial charge < -0.3 is 5.32 Å². The number of benzene rings is 1. The fourth-order valence-electron chi connectivity index (χ4n) is 2.32. The van der Waals surface area contributed by atoms with Crippen molar-refractivity contribution in [3.05, 3.63) is 41.2 Å². The van der Waals surface area contributed by atoms with Gasteiger partial charge >= 0.3 is 0 Å². The molecule has 0 atom stereocenters. The molecule has 1 aromatic carbocycles. The molecule has 2 aromatic rings. The maximum atomic E-state index is 12.9. The molecule has 0 aliphatic carbocycles. The molecule has 0 saturated carbocycles. The Kier molecular flexibility index (Phi) is 3.39. The number of thiazole rings is 1. The highest BCUT2D eigenvalue weighted by Crippen LogP contribution is 2.30. The van der Waals surface area contributed by atoms with E-state index in [1.165, 1.54) is 17.8 Å². The first kappa shape index (κ1) is 11.8. The Hall–Kier alpha value is -1.26. The number of rotatable bonds is 2. The van der Waals surface area contributed by atoms with Crippen molar-refractivity contribution in [3.63, 3.8) is 0 Å². The van der Waals surface area contributed by atoms with E-state index in [1.54, 1.807) is 23.5 Å². The van der Waals surface area contributed by atoms with Crippen LogP contribution in [0.15, 0.2) is 29.6 Å². The average molecular weight is 262 g/mol. The van der Waals surface area contributed by atoms with Gasteiger partial charge in [-0.2, -0.15) is 0 Å². The molecule has 2 heterocycles. The van der Waals surface area contributed by atoms with Crippen LogP contribution in [0, 0.1) is 5.82 Å². The summed E-state index contributed by atoms with van der Waals surface area (Å²) in [7, 11) is 0. The van der Waals surface area contributed by atoms with E-state index in [0.29, 0.717) is 5.92 Å². The first-order valence-corrected chi connectivity index (χ1v) is 7.13. The average Bonchev–Trinajstić information content (AvgIpc) is 2.90. The molecular formula is C14H15FN2S. The van der Waals surface area contributed by atoms with Crippen LogP contribution >= 0.6 is 11.3 Å². The maximum absolute atomic E-state index is 12.9. The van der Waals surface area contributed by atoms with Gasteiger partial charge in [-0.3, -0.25) is 0 Å². The fourth-order valence-corrected chi connectivity index (χ4v) is 3.22. The largest absolute Gasteiger partial charge is 0.317 e. The lowest BCUT2D eigenvalue weighted by Crippen LogP contribution is -2.26. The molecule has 0 unspecified atom stereocenters. The minimum atomic E-state index is -0.200. The van der Waals surface area contributed by atoms with E-state index in [0.717, 1.165) is 36.5 Å². The van der Waals surface area contributed by atoms with Gasteiger partial charge in [0.05, 0.1) is 5.69 Å². The van der Waals surface area contributed by atoms with E-state index in [4.69, 9.17) is 4.98 Å². The summed E-state index contributed by atoms with van der Waals surface area (Å²) in [5, 5.41) is 6.50. The molecule has 18 heavy (non-hydrogen) atoms. The van der Waals surface area contributed by atoms with Gasteiger partial charge in [0, 0.05) is 16.9 Å². The van der Waals surface area contributed by atoms with Crippen molar-refractivity contribution in [2.45, 2.75) is 18.8 Å². The zero-order chi connectivity index (χ0) is 12.4. The quantitative estimate of drug-likeness (QED) is 0.897. The van der Waals surface area contributed by atoms with Crippen LogP contribution in [0.2, 0.25) is 0 Å². The Morgan fingerprint density at radius 2 is 1.89 bits per heavy atom. The molecule has 2 nitrogen and oxygen atoms in total. The lowest BCUT2D eigenvalue weighted by molar-refractivity contribution is 0.455. The van der Waals surface area contributed by atoms with Gasteiger partial charge in [0.1, 0.15) is 10.8 Å². The van der Waals surface area contributed by atoms with Gasteiger partial charge in [-0.05, 0) is 50.2 Å². The maximum Gasteiger partial charge on any atom is 0.123 e. The molecule has 94 valence electrons. The van der Waals surface area contributed by atoms with Gasteiger partial charge in [-0.25, -0.2) is 9.37 Å². The Balaban J connectivity index is 1.82. The third-order valence-electron chi connectivity index (χ3n) is 3.37. The molecular weight excluding hydrogens is 247 g/mol. The van der Waals surface area contributed by atoms with E-state index in [-0.39, 0.29) is 5.82 Å². The number of hydrogen-bond acceptors (Lipinski definition) is 3. The van der Waals surface area contributed by atoms with Gasteiger partial charge in [-0.15, -0.1) is 11.3 Å². The Morgan fingerprint density at radius 1 is 1.17 bits per heavy atom. The standard InChI is InChI=1S/C14H15FN2S/c15-12-3-1-11(2-4-12)14-17-13(9-18-14)10-5-7-16-8-6-10/h1-4,9-10,16H,5-8H2. The van der Waals surface area contributed by atoms with Crippen molar-refractivity contribution in [2.75, 3.05) is 13.1 Å². The number of nitrogens with zero attached hydrogens (tertiary/aromatic N) is 1. The summed E-state index contributed by atoms with van der Waals surface area (Å²) in [4.78, 5) is 4.70. The molecule has 0 spiro atoms.